The summed E-state index contributed by atoms with van der Waals surface area (Å²) in [6.45, 7) is 2.38. The van der Waals surface area contributed by atoms with Crippen LogP contribution in [-0.4, -0.2) is 12.6 Å². The van der Waals surface area contributed by atoms with Crippen LogP contribution in [-0.2, 0) is 0 Å². The van der Waals surface area contributed by atoms with Gasteiger partial charge in [0.1, 0.15) is 0 Å². The summed E-state index contributed by atoms with van der Waals surface area (Å²) in [4.78, 5) is 12.0. The number of benzene rings is 2. The Morgan fingerprint density at radius 1 is 1.05 bits per heavy atom. The molecule has 0 saturated carbocycles. The first-order valence-corrected chi connectivity index (χ1v) is 6.28. The molecule has 2 aromatic carbocycles. The molecular formula is C15H13ClO3. The molecule has 0 amide bonds. The molecule has 0 radical (unpaired) electrons. The van der Waals surface area contributed by atoms with Gasteiger partial charge in [-0.05, 0) is 43.3 Å². The average Bonchev–Trinajstić information content (AvgIpc) is 2.42. The molecule has 4 heteroatoms. The van der Waals surface area contributed by atoms with E-state index >= 15 is 0 Å². The van der Waals surface area contributed by atoms with Crippen LogP contribution in [0.2, 0.25) is 5.02 Å². The zero-order valence-corrected chi connectivity index (χ0v) is 11.2. The molecule has 2 aromatic rings. The fourth-order valence-electron chi connectivity index (χ4n) is 1.55. The van der Waals surface area contributed by atoms with Gasteiger partial charge >= 0.3 is 5.97 Å². The van der Waals surface area contributed by atoms with E-state index in [1.165, 1.54) is 0 Å². The summed E-state index contributed by atoms with van der Waals surface area (Å²) in [5.74, 6) is 0.514. The third-order valence-electron chi connectivity index (χ3n) is 2.43. The van der Waals surface area contributed by atoms with Crippen molar-refractivity contribution in [1.29, 1.82) is 0 Å². The number of esters is 1. The van der Waals surface area contributed by atoms with Crippen molar-refractivity contribution >= 4 is 17.6 Å². The molecule has 0 aliphatic rings. The molecule has 2 rings (SSSR count). The van der Waals surface area contributed by atoms with Gasteiger partial charge in [-0.1, -0.05) is 23.7 Å². The maximum atomic E-state index is 12.0. The summed E-state index contributed by atoms with van der Waals surface area (Å²) < 4.78 is 10.7. The molecule has 0 aliphatic heterocycles. The molecular weight excluding hydrogens is 264 g/mol. The molecule has 19 heavy (non-hydrogen) atoms. The second-order valence-corrected chi connectivity index (χ2v) is 4.21. The Kier molecular flexibility index (Phi) is 4.42. The fraction of sp³-hybridized carbons (Fsp3) is 0.133. The maximum absolute atomic E-state index is 12.0. The zero-order chi connectivity index (χ0) is 13.7. The number of ether oxygens (including phenoxy) is 2. The number of hydrogen-bond acceptors (Lipinski definition) is 3. The summed E-state index contributed by atoms with van der Waals surface area (Å²) in [6.07, 6.45) is 0. The van der Waals surface area contributed by atoms with Crippen LogP contribution in [0.15, 0.2) is 48.5 Å². The Bertz CT molecular complexity index is 564. The lowest BCUT2D eigenvalue weighted by Gasteiger charge is -2.10. The summed E-state index contributed by atoms with van der Waals surface area (Å²) in [5.41, 5.74) is 0.440. The molecule has 0 spiro atoms. The van der Waals surface area contributed by atoms with Gasteiger partial charge in [-0.3, -0.25) is 0 Å². The largest absolute Gasteiger partial charge is 0.490 e. The molecule has 0 fully saturated rings. The molecule has 0 bridgehead atoms. The van der Waals surface area contributed by atoms with Gasteiger partial charge in [0.05, 0.1) is 12.2 Å². The number of carbonyl (C=O) groups excluding carboxylic acids is 1. The quantitative estimate of drug-likeness (QED) is 0.626. The van der Waals surface area contributed by atoms with Crippen LogP contribution in [0.4, 0.5) is 0 Å². The molecule has 0 aliphatic carbocycles. The van der Waals surface area contributed by atoms with Gasteiger partial charge in [-0.25, -0.2) is 4.79 Å². The zero-order valence-electron chi connectivity index (χ0n) is 10.4. The Morgan fingerprint density at radius 2 is 1.68 bits per heavy atom. The van der Waals surface area contributed by atoms with Crippen molar-refractivity contribution < 1.29 is 14.3 Å². The highest BCUT2D eigenvalue weighted by Gasteiger charge is 2.11. The monoisotopic (exact) mass is 276 g/mol. The third kappa shape index (κ3) is 3.48. The minimum Gasteiger partial charge on any atom is -0.490 e. The summed E-state index contributed by atoms with van der Waals surface area (Å²) in [7, 11) is 0. The van der Waals surface area contributed by atoms with E-state index in [0.717, 1.165) is 0 Å². The van der Waals surface area contributed by atoms with Gasteiger partial charge in [0, 0.05) is 5.02 Å². The Balaban J connectivity index is 2.16. The van der Waals surface area contributed by atoms with Crippen LogP contribution < -0.4 is 9.47 Å². The number of halogens is 1. The summed E-state index contributed by atoms with van der Waals surface area (Å²) >= 11 is 5.77. The van der Waals surface area contributed by atoms with E-state index in [4.69, 9.17) is 21.1 Å². The van der Waals surface area contributed by atoms with Gasteiger partial charge in [-0.2, -0.15) is 0 Å². The highest BCUT2D eigenvalue weighted by Crippen LogP contribution is 2.27. The first-order valence-electron chi connectivity index (χ1n) is 5.90. The number of hydrogen-bond donors (Lipinski definition) is 0. The average molecular weight is 277 g/mol. The lowest BCUT2D eigenvalue weighted by Crippen LogP contribution is -2.09. The van der Waals surface area contributed by atoms with E-state index in [-0.39, 0.29) is 0 Å². The van der Waals surface area contributed by atoms with Gasteiger partial charge in [0.25, 0.3) is 0 Å². The smallest absolute Gasteiger partial charge is 0.343 e. The van der Waals surface area contributed by atoms with Gasteiger partial charge < -0.3 is 9.47 Å². The SMILES string of the molecule is CCOc1ccccc1OC(=O)c1ccc(Cl)cc1. The first-order chi connectivity index (χ1) is 9.20. The van der Waals surface area contributed by atoms with Crippen molar-refractivity contribution in [3.05, 3.63) is 59.1 Å². The van der Waals surface area contributed by atoms with E-state index in [0.29, 0.717) is 28.7 Å². The molecule has 0 N–H and O–H groups in total. The highest BCUT2D eigenvalue weighted by molar-refractivity contribution is 6.30. The minimum atomic E-state index is -0.441. The van der Waals surface area contributed by atoms with E-state index in [2.05, 4.69) is 0 Å². The van der Waals surface area contributed by atoms with Crippen molar-refractivity contribution in [2.24, 2.45) is 0 Å². The second-order valence-electron chi connectivity index (χ2n) is 3.78. The summed E-state index contributed by atoms with van der Waals surface area (Å²) in [6, 6.07) is 13.6. The first kappa shape index (κ1) is 13.4. The Labute approximate surface area is 116 Å². The van der Waals surface area contributed by atoms with Crippen LogP contribution in [0.3, 0.4) is 0 Å². The molecule has 98 valence electrons. The predicted octanol–water partition coefficient (Wildman–Crippen LogP) is 3.96. The molecule has 3 nitrogen and oxygen atoms in total. The topological polar surface area (TPSA) is 35.5 Å². The van der Waals surface area contributed by atoms with Crippen molar-refractivity contribution in [3.63, 3.8) is 0 Å². The predicted molar refractivity (Wildman–Crippen MR) is 74.0 cm³/mol. The van der Waals surface area contributed by atoms with Gasteiger partial charge in [-0.15, -0.1) is 0 Å². The minimum absolute atomic E-state index is 0.407. The van der Waals surface area contributed by atoms with E-state index in [9.17, 15) is 4.79 Å². The van der Waals surface area contributed by atoms with Gasteiger partial charge in [0.15, 0.2) is 11.5 Å². The Hall–Kier alpha value is -2.00. The lowest BCUT2D eigenvalue weighted by molar-refractivity contribution is 0.0728. The maximum Gasteiger partial charge on any atom is 0.343 e. The third-order valence-corrected chi connectivity index (χ3v) is 2.68. The molecule has 0 atom stereocenters. The van der Waals surface area contributed by atoms with Crippen LogP contribution in [0.5, 0.6) is 11.5 Å². The van der Waals surface area contributed by atoms with Crippen molar-refractivity contribution in [3.8, 4) is 11.5 Å². The highest BCUT2D eigenvalue weighted by atomic mass is 35.5. The molecule has 0 unspecified atom stereocenters. The van der Waals surface area contributed by atoms with E-state index in [1.54, 1.807) is 42.5 Å². The normalized spacial score (nSPS) is 10.0. The molecule has 0 heterocycles. The number of para-hydroxylation sites is 2. The van der Waals surface area contributed by atoms with Crippen molar-refractivity contribution in [2.75, 3.05) is 6.61 Å². The molecule has 0 saturated heterocycles. The standard InChI is InChI=1S/C15H13ClO3/c1-2-18-13-5-3-4-6-14(13)19-15(17)11-7-9-12(16)10-8-11/h3-10H,2H2,1H3. The van der Waals surface area contributed by atoms with Crippen molar-refractivity contribution in [2.45, 2.75) is 6.92 Å². The fourth-order valence-corrected chi connectivity index (χ4v) is 1.68. The summed E-state index contributed by atoms with van der Waals surface area (Å²) in [5, 5.41) is 0.575. The number of carbonyl (C=O) groups is 1. The lowest BCUT2D eigenvalue weighted by atomic mass is 10.2. The van der Waals surface area contributed by atoms with E-state index in [1.807, 2.05) is 13.0 Å². The van der Waals surface area contributed by atoms with Crippen LogP contribution >= 0.6 is 11.6 Å². The van der Waals surface area contributed by atoms with Crippen LogP contribution in [0.1, 0.15) is 17.3 Å². The second kappa shape index (κ2) is 6.25. The number of rotatable bonds is 4. The van der Waals surface area contributed by atoms with Gasteiger partial charge in [0.2, 0.25) is 0 Å². The van der Waals surface area contributed by atoms with Crippen LogP contribution in [0.25, 0.3) is 0 Å². The van der Waals surface area contributed by atoms with Crippen molar-refractivity contribution in [1.82, 2.24) is 0 Å². The molecule has 0 aromatic heterocycles. The Morgan fingerprint density at radius 3 is 2.32 bits per heavy atom. The van der Waals surface area contributed by atoms with E-state index < -0.39 is 5.97 Å². The van der Waals surface area contributed by atoms with Crippen LogP contribution in [0, 0.1) is 0 Å².